The molecule has 2 aromatic carbocycles. The molecule has 76 valence electrons. The van der Waals surface area contributed by atoms with Gasteiger partial charge in [0.25, 0.3) is 0 Å². The van der Waals surface area contributed by atoms with Crippen LogP contribution in [0.15, 0.2) is 42.5 Å². The lowest BCUT2D eigenvalue weighted by Gasteiger charge is -2.12. The second-order valence-electron chi connectivity index (χ2n) is 4.07. The zero-order valence-electron chi connectivity index (χ0n) is 8.65. The van der Waals surface area contributed by atoms with Crippen LogP contribution in [-0.2, 0) is 4.74 Å². The number of hydrogen-bond donors (Lipinski definition) is 0. The first-order chi connectivity index (χ1) is 7.45. The summed E-state index contributed by atoms with van der Waals surface area (Å²) in [6.45, 7) is 0.911. The molecule has 2 aromatic rings. The SMILES string of the molecule is c1ccc2c([C@H]3CCCO3)cccc2c1. The summed E-state index contributed by atoms with van der Waals surface area (Å²) in [6, 6.07) is 15.0. The van der Waals surface area contributed by atoms with Crippen molar-refractivity contribution >= 4 is 10.8 Å². The van der Waals surface area contributed by atoms with Gasteiger partial charge in [0.15, 0.2) is 0 Å². The van der Waals surface area contributed by atoms with Gasteiger partial charge in [0, 0.05) is 6.61 Å². The first-order valence-electron chi connectivity index (χ1n) is 5.54. The van der Waals surface area contributed by atoms with Gasteiger partial charge in [-0.3, -0.25) is 0 Å². The molecule has 0 bridgehead atoms. The van der Waals surface area contributed by atoms with E-state index in [0.717, 1.165) is 13.0 Å². The highest BCUT2D eigenvalue weighted by Gasteiger charge is 2.19. The molecule has 1 nitrogen and oxygen atoms in total. The summed E-state index contributed by atoms with van der Waals surface area (Å²) in [5, 5.41) is 2.65. The third-order valence-corrected chi connectivity index (χ3v) is 3.10. The molecule has 0 amide bonds. The van der Waals surface area contributed by atoms with Crippen LogP contribution >= 0.6 is 0 Å². The number of rotatable bonds is 1. The lowest BCUT2D eigenvalue weighted by atomic mass is 9.99. The zero-order chi connectivity index (χ0) is 10.1. The quantitative estimate of drug-likeness (QED) is 0.679. The van der Waals surface area contributed by atoms with E-state index in [1.54, 1.807) is 0 Å². The predicted octanol–water partition coefficient (Wildman–Crippen LogP) is 3.69. The number of benzene rings is 2. The predicted molar refractivity (Wildman–Crippen MR) is 61.9 cm³/mol. The van der Waals surface area contributed by atoms with E-state index in [1.165, 1.54) is 22.8 Å². The molecule has 1 atom stereocenters. The molecule has 15 heavy (non-hydrogen) atoms. The van der Waals surface area contributed by atoms with Crippen LogP contribution in [0.4, 0.5) is 0 Å². The minimum Gasteiger partial charge on any atom is -0.374 e. The van der Waals surface area contributed by atoms with Crippen molar-refractivity contribution in [2.24, 2.45) is 0 Å². The summed E-state index contributed by atoms with van der Waals surface area (Å²) in [5.74, 6) is 0. The number of ether oxygens (including phenoxy) is 1. The van der Waals surface area contributed by atoms with E-state index in [1.807, 2.05) is 0 Å². The highest BCUT2D eigenvalue weighted by atomic mass is 16.5. The maximum Gasteiger partial charge on any atom is 0.0831 e. The van der Waals surface area contributed by atoms with Crippen molar-refractivity contribution in [2.45, 2.75) is 18.9 Å². The Bertz CT molecular complexity index is 464. The van der Waals surface area contributed by atoms with Gasteiger partial charge < -0.3 is 4.74 Å². The molecule has 0 aliphatic carbocycles. The molecule has 0 radical (unpaired) electrons. The van der Waals surface area contributed by atoms with Crippen molar-refractivity contribution in [1.82, 2.24) is 0 Å². The molecule has 1 heterocycles. The second-order valence-corrected chi connectivity index (χ2v) is 4.07. The van der Waals surface area contributed by atoms with E-state index in [0.29, 0.717) is 6.10 Å². The summed E-state index contributed by atoms with van der Waals surface area (Å²) < 4.78 is 5.75. The third kappa shape index (κ3) is 1.53. The monoisotopic (exact) mass is 198 g/mol. The molecule has 0 N–H and O–H groups in total. The lowest BCUT2D eigenvalue weighted by Crippen LogP contribution is -1.96. The van der Waals surface area contributed by atoms with Crippen molar-refractivity contribution in [2.75, 3.05) is 6.61 Å². The molecular weight excluding hydrogens is 184 g/mol. The molecule has 1 aliphatic heterocycles. The molecule has 0 spiro atoms. The van der Waals surface area contributed by atoms with Crippen LogP contribution in [0.25, 0.3) is 10.8 Å². The van der Waals surface area contributed by atoms with Gasteiger partial charge in [0.05, 0.1) is 6.10 Å². The lowest BCUT2D eigenvalue weighted by molar-refractivity contribution is 0.113. The molecule has 0 aromatic heterocycles. The first-order valence-corrected chi connectivity index (χ1v) is 5.54. The van der Waals surface area contributed by atoms with E-state index < -0.39 is 0 Å². The Morgan fingerprint density at radius 2 is 1.87 bits per heavy atom. The summed E-state index contributed by atoms with van der Waals surface area (Å²) in [4.78, 5) is 0. The maximum absolute atomic E-state index is 5.75. The van der Waals surface area contributed by atoms with Crippen LogP contribution in [0.2, 0.25) is 0 Å². The fourth-order valence-electron chi connectivity index (χ4n) is 2.35. The third-order valence-electron chi connectivity index (χ3n) is 3.10. The topological polar surface area (TPSA) is 9.23 Å². The van der Waals surface area contributed by atoms with Crippen molar-refractivity contribution in [3.63, 3.8) is 0 Å². The minimum absolute atomic E-state index is 0.316. The maximum atomic E-state index is 5.75. The van der Waals surface area contributed by atoms with E-state index >= 15 is 0 Å². The highest BCUT2D eigenvalue weighted by Crippen LogP contribution is 2.33. The van der Waals surface area contributed by atoms with Gasteiger partial charge in [-0.15, -0.1) is 0 Å². The van der Waals surface area contributed by atoms with Crippen molar-refractivity contribution in [3.05, 3.63) is 48.0 Å². The average Bonchev–Trinajstić information content (AvgIpc) is 2.82. The number of fused-ring (bicyclic) bond motifs is 1. The summed E-state index contributed by atoms with van der Waals surface area (Å²) in [7, 11) is 0. The Hall–Kier alpha value is -1.34. The van der Waals surface area contributed by atoms with Crippen LogP contribution in [0.1, 0.15) is 24.5 Å². The molecule has 1 saturated heterocycles. The largest absolute Gasteiger partial charge is 0.374 e. The van der Waals surface area contributed by atoms with Gasteiger partial charge >= 0.3 is 0 Å². The standard InChI is InChI=1S/C14H14O/c1-2-7-12-11(5-1)6-3-8-13(12)14-9-4-10-15-14/h1-3,5-8,14H,4,9-10H2/t14-/m1/s1. The molecule has 0 saturated carbocycles. The van der Waals surface area contributed by atoms with Crippen molar-refractivity contribution in [1.29, 1.82) is 0 Å². The van der Waals surface area contributed by atoms with E-state index in [9.17, 15) is 0 Å². The fourth-order valence-corrected chi connectivity index (χ4v) is 2.35. The Balaban J connectivity index is 2.16. The summed E-state index contributed by atoms with van der Waals surface area (Å²) >= 11 is 0. The van der Waals surface area contributed by atoms with Crippen molar-refractivity contribution in [3.8, 4) is 0 Å². The van der Waals surface area contributed by atoms with Crippen LogP contribution in [0.5, 0.6) is 0 Å². The minimum atomic E-state index is 0.316. The van der Waals surface area contributed by atoms with E-state index in [2.05, 4.69) is 42.5 Å². The summed E-state index contributed by atoms with van der Waals surface area (Å²) in [5.41, 5.74) is 1.35. The van der Waals surface area contributed by atoms with Crippen LogP contribution < -0.4 is 0 Å². The smallest absolute Gasteiger partial charge is 0.0831 e. The van der Waals surface area contributed by atoms with Gasteiger partial charge in [0.1, 0.15) is 0 Å². The van der Waals surface area contributed by atoms with Gasteiger partial charge in [0.2, 0.25) is 0 Å². The molecule has 3 rings (SSSR count). The fraction of sp³-hybridized carbons (Fsp3) is 0.286. The summed E-state index contributed by atoms with van der Waals surface area (Å²) in [6.07, 6.45) is 2.66. The Labute approximate surface area is 89.7 Å². The van der Waals surface area contributed by atoms with Gasteiger partial charge in [-0.05, 0) is 29.2 Å². The van der Waals surface area contributed by atoms with Gasteiger partial charge in [-0.25, -0.2) is 0 Å². The van der Waals surface area contributed by atoms with Gasteiger partial charge in [-0.2, -0.15) is 0 Å². The first kappa shape index (κ1) is 8.93. The Morgan fingerprint density at radius 3 is 2.73 bits per heavy atom. The van der Waals surface area contributed by atoms with Crippen molar-refractivity contribution < 1.29 is 4.74 Å². The molecule has 1 heteroatoms. The molecule has 1 fully saturated rings. The zero-order valence-corrected chi connectivity index (χ0v) is 8.65. The molecular formula is C14H14O. The van der Waals surface area contributed by atoms with Gasteiger partial charge in [-0.1, -0.05) is 42.5 Å². The van der Waals surface area contributed by atoms with Crippen LogP contribution in [-0.4, -0.2) is 6.61 Å². The van der Waals surface area contributed by atoms with E-state index in [-0.39, 0.29) is 0 Å². The Kier molecular flexibility index (Phi) is 2.18. The van der Waals surface area contributed by atoms with E-state index in [4.69, 9.17) is 4.74 Å². The highest BCUT2D eigenvalue weighted by molar-refractivity contribution is 5.86. The average molecular weight is 198 g/mol. The van der Waals surface area contributed by atoms with Crippen LogP contribution in [0.3, 0.4) is 0 Å². The molecule has 1 aliphatic rings. The van der Waals surface area contributed by atoms with Crippen LogP contribution in [0, 0.1) is 0 Å². The normalized spacial score (nSPS) is 20.9. The number of hydrogen-bond acceptors (Lipinski definition) is 1. The second kappa shape index (κ2) is 3.67. The molecule has 0 unspecified atom stereocenters. The Morgan fingerprint density at radius 1 is 1.00 bits per heavy atom.